The highest BCUT2D eigenvalue weighted by atomic mass is 16.5. The molecule has 1 saturated heterocycles. The van der Waals surface area contributed by atoms with E-state index in [9.17, 15) is 9.59 Å². The highest BCUT2D eigenvalue weighted by Crippen LogP contribution is 2.17. The fourth-order valence-electron chi connectivity index (χ4n) is 3.06. The molecule has 1 aliphatic heterocycles. The van der Waals surface area contributed by atoms with E-state index in [1.165, 1.54) is 0 Å². The van der Waals surface area contributed by atoms with E-state index in [0.717, 1.165) is 17.1 Å². The van der Waals surface area contributed by atoms with Gasteiger partial charge in [0.25, 0.3) is 0 Å². The maximum Gasteiger partial charge on any atom is 0.312 e. The summed E-state index contributed by atoms with van der Waals surface area (Å²) < 4.78 is 5.13. The monoisotopic (exact) mass is 368 g/mol. The summed E-state index contributed by atoms with van der Waals surface area (Å²) >= 11 is 0. The van der Waals surface area contributed by atoms with Gasteiger partial charge in [0.1, 0.15) is 11.6 Å². The number of aromatic nitrogens is 1. The zero-order valence-electron chi connectivity index (χ0n) is 15.6. The lowest BCUT2D eigenvalue weighted by molar-refractivity contribution is -0.146. The average Bonchev–Trinajstić information content (AvgIpc) is 2.74. The number of benzene rings is 1. The van der Waals surface area contributed by atoms with E-state index >= 15 is 0 Å². The third-order valence-electron chi connectivity index (χ3n) is 4.70. The molecule has 27 heavy (non-hydrogen) atoms. The Balaban J connectivity index is 1.52. The predicted molar refractivity (Wildman–Crippen MR) is 103 cm³/mol. The first-order chi connectivity index (χ1) is 13.1. The molecule has 1 atom stereocenters. The molecule has 1 aromatic carbocycles. The summed E-state index contributed by atoms with van der Waals surface area (Å²) in [5, 5.41) is 2.78. The van der Waals surface area contributed by atoms with Crippen molar-refractivity contribution in [2.45, 2.75) is 13.0 Å². The average molecular weight is 368 g/mol. The van der Waals surface area contributed by atoms with Crippen LogP contribution in [0.3, 0.4) is 0 Å². The Kier molecular flexibility index (Phi) is 5.90. The number of amides is 2. The number of carbonyl (C=O) groups excluding carboxylic acids is 2. The molecule has 1 N–H and O–H groups in total. The van der Waals surface area contributed by atoms with Crippen molar-refractivity contribution in [2.75, 3.05) is 38.2 Å². The highest BCUT2D eigenvalue weighted by molar-refractivity contribution is 6.35. The zero-order valence-corrected chi connectivity index (χ0v) is 15.6. The fourth-order valence-corrected chi connectivity index (χ4v) is 3.06. The van der Waals surface area contributed by atoms with Crippen LogP contribution in [0.1, 0.15) is 18.5 Å². The molecule has 2 heterocycles. The second-order valence-corrected chi connectivity index (χ2v) is 6.44. The lowest BCUT2D eigenvalue weighted by Gasteiger charge is -2.35. The summed E-state index contributed by atoms with van der Waals surface area (Å²) in [6.45, 7) is 4.17. The first-order valence-corrected chi connectivity index (χ1v) is 8.98. The topological polar surface area (TPSA) is 74.8 Å². The standard InChI is InChI=1S/C20H24N4O3/c1-15(16-6-8-17(27-2)9-7-16)22-19(25)20(26)24-13-11-23(12-14-24)18-5-3-4-10-21-18/h3-10,15H,11-14H2,1-2H3,(H,22,25). The molecule has 7 nitrogen and oxygen atoms in total. The summed E-state index contributed by atoms with van der Waals surface area (Å²) in [4.78, 5) is 32.8. The van der Waals surface area contributed by atoms with Gasteiger partial charge in [-0.3, -0.25) is 9.59 Å². The van der Waals surface area contributed by atoms with E-state index in [-0.39, 0.29) is 6.04 Å². The van der Waals surface area contributed by atoms with Gasteiger partial charge in [0.15, 0.2) is 0 Å². The third-order valence-corrected chi connectivity index (χ3v) is 4.70. The maximum atomic E-state index is 12.5. The largest absolute Gasteiger partial charge is 0.497 e. The molecule has 3 rings (SSSR count). The number of nitrogens with zero attached hydrogens (tertiary/aromatic N) is 3. The first kappa shape index (κ1) is 18.7. The van der Waals surface area contributed by atoms with Crippen molar-refractivity contribution >= 4 is 17.6 Å². The normalized spacial score (nSPS) is 15.2. The van der Waals surface area contributed by atoms with Crippen LogP contribution in [0.15, 0.2) is 48.7 Å². The van der Waals surface area contributed by atoms with Gasteiger partial charge in [-0.1, -0.05) is 18.2 Å². The molecule has 2 amide bonds. The van der Waals surface area contributed by atoms with Crippen LogP contribution in [-0.2, 0) is 9.59 Å². The van der Waals surface area contributed by atoms with E-state index < -0.39 is 11.8 Å². The SMILES string of the molecule is COc1ccc(C(C)NC(=O)C(=O)N2CCN(c3ccccn3)CC2)cc1. The first-order valence-electron chi connectivity index (χ1n) is 8.98. The molecule has 0 bridgehead atoms. The molecular formula is C20H24N4O3. The third kappa shape index (κ3) is 4.55. The Morgan fingerprint density at radius 3 is 2.37 bits per heavy atom. The molecule has 0 aliphatic carbocycles. The van der Waals surface area contributed by atoms with E-state index in [2.05, 4.69) is 15.2 Å². The Bertz CT molecular complexity index is 772. The van der Waals surface area contributed by atoms with Gasteiger partial charge in [-0.2, -0.15) is 0 Å². The van der Waals surface area contributed by atoms with Gasteiger partial charge in [0.05, 0.1) is 13.2 Å². The van der Waals surface area contributed by atoms with Crippen molar-refractivity contribution in [3.8, 4) is 5.75 Å². The molecule has 2 aromatic rings. The minimum Gasteiger partial charge on any atom is -0.497 e. The molecule has 142 valence electrons. The molecule has 1 fully saturated rings. The summed E-state index contributed by atoms with van der Waals surface area (Å²) in [5.41, 5.74) is 0.914. The van der Waals surface area contributed by atoms with Crippen LogP contribution in [0.2, 0.25) is 0 Å². The van der Waals surface area contributed by atoms with Crippen molar-refractivity contribution in [3.63, 3.8) is 0 Å². The van der Waals surface area contributed by atoms with E-state index in [1.807, 2.05) is 49.4 Å². The van der Waals surface area contributed by atoms with Gasteiger partial charge in [-0.25, -0.2) is 4.98 Å². The Morgan fingerprint density at radius 1 is 1.07 bits per heavy atom. The molecule has 1 aliphatic rings. The van der Waals surface area contributed by atoms with Crippen molar-refractivity contribution in [3.05, 3.63) is 54.2 Å². The molecule has 1 aromatic heterocycles. The van der Waals surface area contributed by atoms with Gasteiger partial charge < -0.3 is 19.9 Å². The number of ether oxygens (including phenoxy) is 1. The number of piperazine rings is 1. The van der Waals surface area contributed by atoms with Gasteiger partial charge in [0, 0.05) is 32.4 Å². The smallest absolute Gasteiger partial charge is 0.312 e. The molecule has 0 saturated carbocycles. The second-order valence-electron chi connectivity index (χ2n) is 6.44. The number of rotatable bonds is 4. The van der Waals surface area contributed by atoms with E-state index in [1.54, 1.807) is 18.2 Å². The Labute approximate surface area is 158 Å². The number of anilines is 1. The summed E-state index contributed by atoms with van der Waals surface area (Å²) in [5.74, 6) is 0.571. The second kappa shape index (κ2) is 8.53. The van der Waals surface area contributed by atoms with Gasteiger partial charge in [-0.05, 0) is 36.8 Å². The molecule has 1 unspecified atom stereocenters. The van der Waals surface area contributed by atoms with Crippen LogP contribution < -0.4 is 15.0 Å². The van der Waals surface area contributed by atoms with Crippen LogP contribution >= 0.6 is 0 Å². The van der Waals surface area contributed by atoms with Crippen LogP contribution in [0.5, 0.6) is 5.75 Å². The number of methoxy groups -OCH3 is 1. The van der Waals surface area contributed by atoms with E-state index in [4.69, 9.17) is 4.74 Å². The van der Waals surface area contributed by atoms with Crippen molar-refractivity contribution in [1.82, 2.24) is 15.2 Å². The molecule has 0 radical (unpaired) electrons. The Morgan fingerprint density at radius 2 is 1.78 bits per heavy atom. The van der Waals surface area contributed by atoms with Crippen molar-refractivity contribution < 1.29 is 14.3 Å². The van der Waals surface area contributed by atoms with Crippen LogP contribution in [0.25, 0.3) is 0 Å². The van der Waals surface area contributed by atoms with Crippen molar-refractivity contribution in [2.24, 2.45) is 0 Å². The molecular weight excluding hydrogens is 344 g/mol. The number of hydrogen-bond acceptors (Lipinski definition) is 5. The summed E-state index contributed by atoms with van der Waals surface area (Å²) in [6.07, 6.45) is 1.75. The van der Waals surface area contributed by atoms with Gasteiger partial charge >= 0.3 is 11.8 Å². The van der Waals surface area contributed by atoms with Crippen molar-refractivity contribution in [1.29, 1.82) is 0 Å². The van der Waals surface area contributed by atoms with Gasteiger partial charge in [0.2, 0.25) is 0 Å². The predicted octanol–water partition coefficient (Wildman–Crippen LogP) is 1.62. The van der Waals surface area contributed by atoms with Gasteiger partial charge in [-0.15, -0.1) is 0 Å². The number of nitrogens with one attached hydrogen (secondary N) is 1. The summed E-state index contributed by atoms with van der Waals surface area (Å²) in [7, 11) is 1.60. The van der Waals surface area contributed by atoms with E-state index in [0.29, 0.717) is 26.2 Å². The molecule has 7 heteroatoms. The number of hydrogen-bond donors (Lipinski definition) is 1. The highest BCUT2D eigenvalue weighted by Gasteiger charge is 2.27. The lowest BCUT2D eigenvalue weighted by Crippen LogP contribution is -2.53. The fraction of sp³-hybridized carbons (Fsp3) is 0.350. The van der Waals surface area contributed by atoms with Crippen LogP contribution in [0.4, 0.5) is 5.82 Å². The zero-order chi connectivity index (χ0) is 19.2. The quantitative estimate of drug-likeness (QED) is 0.830. The minimum absolute atomic E-state index is 0.262. The minimum atomic E-state index is -0.579. The maximum absolute atomic E-state index is 12.5. The molecule has 0 spiro atoms. The number of pyridine rings is 1. The Hall–Kier alpha value is -3.09. The lowest BCUT2D eigenvalue weighted by atomic mass is 10.1. The van der Waals surface area contributed by atoms with Crippen LogP contribution in [0, 0.1) is 0 Å². The van der Waals surface area contributed by atoms with Crippen LogP contribution in [-0.4, -0.2) is 55.0 Å². The summed E-state index contributed by atoms with van der Waals surface area (Å²) in [6, 6.07) is 12.9. The number of carbonyl (C=O) groups is 2.